The fourth-order valence-electron chi connectivity index (χ4n) is 1.73. The van der Waals surface area contributed by atoms with Gasteiger partial charge in [-0.2, -0.15) is 0 Å². The Morgan fingerprint density at radius 1 is 1.24 bits per heavy atom. The molecule has 2 aromatic rings. The van der Waals surface area contributed by atoms with Gasteiger partial charge in [-0.15, -0.1) is 0 Å². The number of amides is 2. The van der Waals surface area contributed by atoms with Crippen LogP contribution >= 0.6 is 0 Å². The van der Waals surface area contributed by atoms with Gasteiger partial charge >= 0.3 is 6.03 Å². The van der Waals surface area contributed by atoms with Gasteiger partial charge in [0.05, 0.1) is 5.69 Å². The van der Waals surface area contributed by atoms with E-state index in [9.17, 15) is 14.3 Å². The summed E-state index contributed by atoms with van der Waals surface area (Å²) in [6.45, 7) is 1.85. The summed E-state index contributed by atoms with van der Waals surface area (Å²) >= 11 is 0. The van der Waals surface area contributed by atoms with Gasteiger partial charge in [0.1, 0.15) is 11.6 Å². The average Bonchev–Trinajstić information content (AvgIpc) is 2.43. The molecule has 4 nitrogen and oxygen atoms in total. The molecule has 108 valence electrons. The van der Waals surface area contributed by atoms with Gasteiger partial charge in [-0.25, -0.2) is 9.18 Å². The van der Waals surface area contributed by atoms with Crippen LogP contribution in [0.2, 0.25) is 0 Å². The number of hydrogen-bond donors (Lipinski definition) is 3. The first-order valence-corrected chi connectivity index (χ1v) is 6.34. The van der Waals surface area contributed by atoms with Crippen LogP contribution in [0.4, 0.5) is 14.9 Å². The molecule has 2 amide bonds. The minimum atomic E-state index is -0.497. The van der Waals surface area contributed by atoms with Crippen molar-refractivity contribution in [3.63, 3.8) is 0 Å². The number of anilines is 1. The van der Waals surface area contributed by atoms with Gasteiger partial charge in [-0.05, 0) is 48.4 Å². The molecule has 0 aliphatic carbocycles. The number of nitrogens with one attached hydrogen (secondary N) is 2. The van der Waals surface area contributed by atoms with Crippen LogP contribution in [0.3, 0.4) is 0 Å². The first-order chi connectivity index (χ1) is 10.0. The van der Waals surface area contributed by atoms with Crippen LogP contribution in [0.5, 0.6) is 5.75 Å². The Labute approximate surface area is 121 Å². The Morgan fingerprint density at radius 3 is 2.81 bits per heavy atom. The molecule has 0 spiro atoms. The predicted molar refractivity (Wildman–Crippen MR) is 80.4 cm³/mol. The summed E-state index contributed by atoms with van der Waals surface area (Å²) in [6.07, 6.45) is 2.97. The lowest BCUT2D eigenvalue weighted by Crippen LogP contribution is -2.23. The normalized spacial score (nSPS) is 10.6. The van der Waals surface area contributed by atoms with Crippen LogP contribution in [0.25, 0.3) is 6.08 Å². The largest absolute Gasteiger partial charge is 0.506 e. The number of phenols is 1. The van der Waals surface area contributed by atoms with Crippen molar-refractivity contribution in [2.75, 3.05) is 5.32 Å². The first-order valence-electron chi connectivity index (χ1n) is 6.34. The Kier molecular flexibility index (Phi) is 4.56. The van der Waals surface area contributed by atoms with Crippen molar-refractivity contribution in [2.45, 2.75) is 6.92 Å². The van der Waals surface area contributed by atoms with E-state index in [1.54, 1.807) is 30.3 Å². The van der Waals surface area contributed by atoms with Crippen molar-refractivity contribution in [1.29, 1.82) is 0 Å². The second-order valence-electron chi connectivity index (χ2n) is 4.51. The average molecular weight is 286 g/mol. The monoisotopic (exact) mass is 286 g/mol. The number of phenolic OH excluding ortho intramolecular Hbond substituents is 1. The minimum Gasteiger partial charge on any atom is -0.506 e. The Balaban J connectivity index is 1.94. The Morgan fingerprint density at radius 2 is 2.05 bits per heavy atom. The number of hydrogen-bond acceptors (Lipinski definition) is 2. The zero-order valence-electron chi connectivity index (χ0n) is 11.4. The minimum absolute atomic E-state index is 0.00939. The molecule has 5 heteroatoms. The number of carbonyl (C=O) groups excluding carboxylic acids is 1. The summed E-state index contributed by atoms with van der Waals surface area (Å²) in [6, 6.07) is 10.4. The molecule has 0 radical (unpaired) electrons. The molecule has 0 fully saturated rings. The van der Waals surface area contributed by atoms with E-state index in [0.29, 0.717) is 11.3 Å². The molecular weight excluding hydrogens is 271 g/mol. The number of urea groups is 1. The maximum absolute atomic E-state index is 13.0. The van der Waals surface area contributed by atoms with Crippen LogP contribution in [0, 0.1) is 12.7 Å². The Bertz CT molecular complexity index is 684. The summed E-state index contributed by atoms with van der Waals surface area (Å²) < 4.78 is 13.0. The van der Waals surface area contributed by atoms with E-state index in [2.05, 4.69) is 10.6 Å². The SMILES string of the molecule is Cc1ccc(O)c(NC(=O)N/C=C/c2cccc(F)c2)c1. The van der Waals surface area contributed by atoms with Crippen LogP contribution in [-0.2, 0) is 0 Å². The van der Waals surface area contributed by atoms with E-state index >= 15 is 0 Å². The first kappa shape index (κ1) is 14.6. The molecule has 3 N–H and O–H groups in total. The van der Waals surface area contributed by atoms with Crippen molar-refractivity contribution in [2.24, 2.45) is 0 Å². The lowest BCUT2D eigenvalue weighted by atomic mass is 10.2. The number of rotatable bonds is 3. The molecule has 0 aliphatic rings. The summed E-state index contributed by atoms with van der Waals surface area (Å²) in [4.78, 5) is 11.7. The van der Waals surface area contributed by atoms with Crippen LogP contribution in [0.15, 0.2) is 48.7 Å². The molecule has 0 heterocycles. The molecule has 0 saturated heterocycles. The van der Waals surface area contributed by atoms with E-state index in [-0.39, 0.29) is 11.6 Å². The van der Waals surface area contributed by atoms with Gasteiger partial charge in [0.2, 0.25) is 0 Å². The fourth-order valence-corrected chi connectivity index (χ4v) is 1.73. The number of benzene rings is 2. The van der Waals surface area contributed by atoms with Gasteiger partial charge in [-0.1, -0.05) is 18.2 Å². The molecule has 0 bridgehead atoms. The summed E-state index contributed by atoms with van der Waals surface area (Å²) in [5.74, 6) is -0.351. The smallest absolute Gasteiger partial charge is 0.323 e. The van der Waals surface area contributed by atoms with Crippen LogP contribution < -0.4 is 10.6 Å². The zero-order valence-corrected chi connectivity index (χ0v) is 11.4. The second kappa shape index (κ2) is 6.56. The van der Waals surface area contributed by atoms with Crippen molar-refractivity contribution in [1.82, 2.24) is 5.32 Å². The van der Waals surface area contributed by atoms with Crippen molar-refractivity contribution >= 4 is 17.8 Å². The van der Waals surface area contributed by atoms with E-state index in [1.165, 1.54) is 24.4 Å². The predicted octanol–water partition coefficient (Wildman–Crippen LogP) is 3.63. The topological polar surface area (TPSA) is 61.4 Å². The summed E-state index contributed by atoms with van der Waals surface area (Å²) in [7, 11) is 0. The van der Waals surface area contributed by atoms with Gasteiger partial charge in [0.25, 0.3) is 0 Å². The van der Waals surface area contributed by atoms with Crippen molar-refractivity contribution < 1.29 is 14.3 Å². The summed E-state index contributed by atoms with van der Waals surface area (Å²) in [5, 5.41) is 14.6. The molecule has 2 rings (SSSR count). The zero-order chi connectivity index (χ0) is 15.2. The van der Waals surface area contributed by atoms with E-state index in [4.69, 9.17) is 0 Å². The molecule has 0 atom stereocenters. The van der Waals surface area contributed by atoms with Crippen molar-refractivity contribution in [3.8, 4) is 5.75 Å². The third-order valence-corrected chi connectivity index (χ3v) is 2.74. The third-order valence-electron chi connectivity index (χ3n) is 2.74. The lowest BCUT2D eigenvalue weighted by Gasteiger charge is -2.07. The van der Waals surface area contributed by atoms with E-state index < -0.39 is 6.03 Å². The third kappa shape index (κ3) is 4.35. The highest BCUT2D eigenvalue weighted by molar-refractivity contribution is 5.91. The number of aromatic hydroxyl groups is 1. The maximum atomic E-state index is 13.0. The molecule has 0 aliphatic heterocycles. The van der Waals surface area contributed by atoms with Crippen LogP contribution in [-0.4, -0.2) is 11.1 Å². The second-order valence-corrected chi connectivity index (χ2v) is 4.51. The van der Waals surface area contributed by atoms with Gasteiger partial charge < -0.3 is 15.7 Å². The standard InChI is InChI=1S/C16H15FN2O2/c1-11-5-6-15(20)14(9-11)19-16(21)18-8-7-12-3-2-4-13(17)10-12/h2-10,20H,1H3,(H2,18,19,21)/b8-7+. The van der Waals surface area contributed by atoms with E-state index in [0.717, 1.165) is 5.56 Å². The number of carbonyl (C=O) groups is 1. The highest BCUT2D eigenvalue weighted by atomic mass is 19.1. The number of aryl methyl sites for hydroxylation is 1. The highest BCUT2D eigenvalue weighted by Gasteiger charge is 2.04. The van der Waals surface area contributed by atoms with Crippen molar-refractivity contribution in [3.05, 3.63) is 65.6 Å². The summed E-state index contributed by atoms with van der Waals surface area (Å²) in [5.41, 5.74) is 1.87. The molecule has 21 heavy (non-hydrogen) atoms. The molecular formula is C16H15FN2O2. The quantitative estimate of drug-likeness (QED) is 0.754. The van der Waals surface area contributed by atoms with Crippen LogP contribution in [0.1, 0.15) is 11.1 Å². The van der Waals surface area contributed by atoms with E-state index in [1.807, 2.05) is 6.92 Å². The molecule has 0 saturated carbocycles. The fraction of sp³-hybridized carbons (Fsp3) is 0.0625. The molecule has 2 aromatic carbocycles. The lowest BCUT2D eigenvalue weighted by molar-refractivity contribution is 0.255. The maximum Gasteiger partial charge on any atom is 0.323 e. The van der Waals surface area contributed by atoms with Gasteiger partial charge in [0, 0.05) is 6.20 Å². The molecule has 0 unspecified atom stereocenters. The van der Waals surface area contributed by atoms with Gasteiger partial charge in [0.15, 0.2) is 0 Å². The molecule has 0 aromatic heterocycles. The Hall–Kier alpha value is -2.82. The number of halogens is 1. The van der Waals surface area contributed by atoms with Gasteiger partial charge in [-0.3, -0.25) is 0 Å². The highest BCUT2D eigenvalue weighted by Crippen LogP contribution is 2.23.